The van der Waals surface area contributed by atoms with Gasteiger partial charge in [-0.2, -0.15) is 0 Å². The van der Waals surface area contributed by atoms with Crippen molar-refractivity contribution < 1.29 is 9.59 Å². The molecule has 1 aliphatic heterocycles. The number of likely N-dealkylation sites (tertiary alicyclic amines) is 1. The molecular weight excluding hydrogens is 398 g/mol. The van der Waals surface area contributed by atoms with Crippen LogP contribution in [0.5, 0.6) is 0 Å². The third kappa shape index (κ3) is 4.57. The van der Waals surface area contributed by atoms with Crippen molar-refractivity contribution in [2.24, 2.45) is 5.41 Å². The van der Waals surface area contributed by atoms with E-state index in [4.69, 9.17) is 0 Å². The minimum absolute atomic E-state index is 0.00987. The summed E-state index contributed by atoms with van der Waals surface area (Å²) in [4.78, 5) is 32.3. The molecule has 3 aromatic rings. The second-order valence-corrected chi connectivity index (χ2v) is 8.67. The van der Waals surface area contributed by atoms with E-state index in [-0.39, 0.29) is 11.8 Å². The van der Waals surface area contributed by atoms with Crippen molar-refractivity contribution in [2.75, 3.05) is 20.1 Å². The quantitative estimate of drug-likeness (QED) is 0.651. The summed E-state index contributed by atoms with van der Waals surface area (Å²) in [6.07, 6.45) is 5.18. The number of pyridine rings is 1. The summed E-state index contributed by atoms with van der Waals surface area (Å²) in [5.41, 5.74) is 4.71. The van der Waals surface area contributed by atoms with E-state index in [0.29, 0.717) is 32.4 Å². The number of rotatable bonds is 6. The molecule has 0 saturated carbocycles. The first-order chi connectivity index (χ1) is 15.5. The number of hydrogen-bond acceptors (Lipinski definition) is 3. The molecule has 1 atom stereocenters. The second-order valence-electron chi connectivity index (χ2n) is 8.67. The molecular formula is C27H29N3O2. The van der Waals surface area contributed by atoms with Crippen LogP contribution in [0.3, 0.4) is 0 Å². The Morgan fingerprint density at radius 1 is 1.09 bits per heavy atom. The monoisotopic (exact) mass is 427 g/mol. The van der Waals surface area contributed by atoms with E-state index >= 15 is 0 Å². The Kier molecular flexibility index (Phi) is 6.35. The van der Waals surface area contributed by atoms with E-state index in [2.05, 4.69) is 22.4 Å². The van der Waals surface area contributed by atoms with E-state index in [0.717, 1.165) is 27.8 Å². The van der Waals surface area contributed by atoms with E-state index < -0.39 is 5.41 Å². The predicted octanol–water partition coefficient (Wildman–Crippen LogP) is 3.81. The number of nitrogens with zero attached hydrogens (tertiary/aromatic N) is 2. The molecule has 2 heterocycles. The third-order valence-corrected chi connectivity index (χ3v) is 6.37. The van der Waals surface area contributed by atoms with E-state index in [9.17, 15) is 9.59 Å². The Balaban J connectivity index is 1.57. The van der Waals surface area contributed by atoms with Gasteiger partial charge in [0.1, 0.15) is 0 Å². The molecule has 0 spiro atoms. The molecule has 1 fully saturated rings. The van der Waals surface area contributed by atoms with Gasteiger partial charge < -0.3 is 10.2 Å². The molecule has 0 unspecified atom stereocenters. The second kappa shape index (κ2) is 9.35. The minimum Gasteiger partial charge on any atom is -0.359 e. The fraction of sp³-hybridized carbons (Fsp3) is 0.296. The van der Waals surface area contributed by atoms with Gasteiger partial charge >= 0.3 is 0 Å². The van der Waals surface area contributed by atoms with Gasteiger partial charge in [0.15, 0.2) is 0 Å². The van der Waals surface area contributed by atoms with Crippen molar-refractivity contribution in [1.29, 1.82) is 0 Å². The van der Waals surface area contributed by atoms with E-state index in [1.54, 1.807) is 13.2 Å². The lowest BCUT2D eigenvalue weighted by Crippen LogP contribution is -2.44. The molecule has 0 aliphatic carbocycles. The maximum absolute atomic E-state index is 13.1. The van der Waals surface area contributed by atoms with Crippen LogP contribution in [0.1, 0.15) is 23.1 Å². The first kappa shape index (κ1) is 21.8. The molecule has 1 aromatic heterocycles. The fourth-order valence-electron chi connectivity index (χ4n) is 4.71. The van der Waals surface area contributed by atoms with Gasteiger partial charge in [-0.05, 0) is 42.5 Å². The zero-order valence-corrected chi connectivity index (χ0v) is 18.7. The number of benzene rings is 2. The highest BCUT2D eigenvalue weighted by Crippen LogP contribution is 2.37. The molecule has 32 heavy (non-hydrogen) atoms. The maximum Gasteiger partial charge on any atom is 0.228 e. The normalized spacial score (nSPS) is 17.9. The van der Waals surface area contributed by atoms with Gasteiger partial charge in [-0.3, -0.25) is 14.6 Å². The standard InChI is InChI=1S/C27H29N3O2/c1-20-7-5-8-21(15-20)16-25(31)30-14-12-27(19-30,26(32)28-2)17-22-9-3-4-11-24(22)23-10-6-13-29-18-23/h3-11,13,15,18H,12,14,16-17,19H2,1-2H3,(H,28,32)/t27-/m1/s1. The number of aromatic nitrogens is 1. The number of hydrogen-bond donors (Lipinski definition) is 1. The van der Waals surface area contributed by atoms with Crippen molar-refractivity contribution >= 4 is 11.8 Å². The van der Waals surface area contributed by atoms with Crippen molar-refractivity contribution in [3.63, 3.8) is 0 Å². The summed E-state index contributed by atoms with van der Waals surface area (Å²) >= 11 is 0. The van der Waals surface area contributed by atoms with Crippen LogP contribution in [-0.2, 0) is 22.4 Å². The molecule has 4 rings (SSSR count). The van der Waals surface area contributed by atoms with Crippen LogP contribution in [0.15, 0.2) is 73.1 Å². The molecule has 1 aliphatic rings. The fourth-order valence-corrected chi connectivity index (χ4v) is 4.71. The van der Waals surface area contributed by atoms with Crippen LogP contribution in [0.4, 0.5) is 0 Å². The molecule has 5 heteroatoms. The summed E-state index contributed by atoms with van der Waals surface area (Å²) in [6, 6.07) is 20.1. The number of carbonyl (C=O) groups is 2. The number of amides is 2. The van der Waals surface area contributed by atoms with Gasteiger partial charge in [-0.1, -0.05) is 60.2 Å². The van der Waals surface area contributed by atoms with Crippen molar-refractivity contribution in [3.8, 4) is 11.1 Å². The van der Waals surface area contributed by atoms with Crippen molar-refractivity contribution in [3.05, 3.63) is 89.7 Å². The molecule has 5 nitrogen and oxygen atoms in total. The van der Waals surface area contributed by atoms with Gasteiger partial charge in [0.25, 0.3) is 0 Å². The topological polar surface area (TPSA) is 62.3 Å². The van der Waals surface area contributed by atoms with Gasteiger partial charge in [0.2, 0.25) is 11.8 Å². The molecule has 1 saturated heterocycles. The highest BCUT2D eigenvalue weighted by atomic mass is 16.2. The lowest BCUT2D eigenvalue weighted by molar-refractivity contribution is -0.132. The highest BCUT2D eigenvalue weighted by Gasteiger charge is 2.45. The molecule has 1 N–H and O–H groups in total. The molecule has 164 valence electrons. The smallest absolute Gasteiger partial charge is 0.228 e. The zero-order valence-electron chi connectivity index (χ0n) is 18.7. The molecule has 0 radical (unpaired) electrons. The van der Waals surface area contributed by atoms with Gasteiger partial charge in [-0.25, -0.2) is 0 Å². The summed E-state index contributed by atoms with van der Waals surface area (Å²) in [5, 5.41) is 2.85. The molecule has 2 amide bonds. The Labute approximate surface area is 189 Å². The Bertz CT molecular complexity index is 1110. The van der Waals surface area contributed by atoms with Gasteiger partial charge in [-0.15, -0.1) is 0 Å². The van der Waals surface area contributed by atoms with Crippen LogP contribution < -0.4 is 5.32 Å². The number of aryl methyl sites for hydroxylation is 1. The van der Waals surface area contributed by atoms with Crippen LogP contribution in [0.2, 0.25) is 0 Å². The molecule has 2 aromatic carbocycles. The van der Waals surface area contributed by atoms with E-state index in [1.165, 1.54) is 0 Å². The SMILES string of the molecule is CNC(=O)[C@@]1(Cc2ccccc2-c2cccnc2)CCN(C(=O)Cc2cccc(C)c2)C1. The highest BCUT2D eigenvalue weighted by molar-refractivity contribution is 5.86. The Hall–Kier alpha value is -3.47. The maximum atomic E-state index is 13.1. The average Bonchev–Trinajstić information content (AvgIpc) is 3.25. The van der Waals surface area contributed by atoms with Crippen LogP contribution in [0.25, 0.3) is 11.1 Å². The minimum atomic E-state index is -0.644. The van der Waals surface area contributed by atoms with Gasteiger partial charge in [0.05, 0.1) is 11.8 Å². The van der Waals surface area contributed by atoms with Crippen LogP contribution in [-0.4, -0.2) is 41.8 Å². The molecule has 0 bridgehead atoms. The summed E-state index contributed by atoms with van der Waals surface area (Å²) in [7, 11) is 1.67. The third-order valence-electron chi connectivity index (χ3n) is 6.37. The Morgan fingerprint density at radius 3 is 2.69 bits per heavy atom. The first-order valence-corrected chi connectivity index (χ1v) is 11.0. The van der Waals surface area contributed by atoms with Crippen molar-refractivity contribution in [2.45, 2.75) is 26.2 Å². The number of nitrogens with one attached hydrogen (secondary N) is 1. The lowest BCUT2D eigenvalue weighted by atomic mass is 9.78. The van der Waals surface area contributed by atoms with E-state index in [1.807, 2.05) is 66.6 Å². The first-order valence-electron chi connectivity index (χ1n) is 11.0. The average molecular weight is 428 g/mol. The van der Waals surface area contributed by atoms with Crippen LogP contribution in [0, 0.1) is 12.3 Å². The number of carbonyl (C=O) groups excluding carboxylic acids is 2. The zero-order chi connectivity index (χ0) is 22.6. The predicted molar refractivity (Wildman–Crippen MR) is 126 cm³/mol. The van der Waals surface area contributed by atoms with Crippen LogP contribution >= 0.6 is 0 Å². The summed E-state index contributed by atoms with van der Waals surface area (Å²) < 4.78 is 0. The van der Waals surface area contributed by atoms with Crippen molar-refractivity contribution in [1.82, 2.24) is 15.2 Å². The largest absolute Gasteiger partial charge is 0.359 e. The Morgan fingerprint density at radius 2 is 1.94 bits per heavy atom. The van der Waals surface area contributed by atoms with Gasteiger partial charge in [0, 0.05) is 38.1 Å². The summed E-state index contributed by atoms with van der Waals surface area (Å²) in [5.74, 6) is 0.0614. The summed E-state index contributed by atoms with van der Waals surface area (Å²) in [6.45, 7) is 3.05. The lowest BCUT2D eigenvalue weighted by Gasteiger charge is -2.28.